The molecular weight excluding hydrogens is 283 g/mol. The largest absolute Gasteiger partial charge is 0.348 e. The Hall–Kier alpha value is -1.58. The number of fused-ring (bicyclic) bond motifs is 1. The molecule has 96 valence electrons. The molecule has 1 N–H and O–H groups in total. The molecule has 1 aromatic carbocycles. The number of rotatable bonds is 1. The molecule has 0 saturated carbocycles. The molecule has 3 rings (SSSR count). The van der Waals surface area contributed by atoms with Crippen molar-refractivity contribution >= 4 is 29.1 Å². The van der Waals surface area contributed by atoms with E-state index in [1.165, 1.54) is 0 Å². The van der Waals surface area contributed by atoms with Gasteiger partial charge in [0.15, 0.2) is 0 Å². The smallest absolute Gasteiger partial charge is 0.252 e. The Morgan fingerprint density at radius 3 is 2.74 bits per heavy atom. The lowest BCUT2D eigenvalue weighted by molar-refractivity contribution is 0.0966. The minimum absolute atomic E-state index is 0.0631. The van der Waals surface area contributed by atoms with Gasteiger partial charge in [-0.25, -0.2) is 0 Å². The standard InChI is InChI=1S/C14H10Cl2N2O/c1-7-11-6-17-14(19)10(11)5-13(18-7)9-3-2-8(15)4-12(9)16/h2-5H,6H2,1H3,(H,17,19). The highest BCUT2D eigenvalue weighted by Crippen LogP contribution is 2.31. The number of aryl methyl sites for hydroxylation is 1. The van der Waals surface area contributed by atoms with E-state index >= 15 is 0 Å². The van der Waals surface area contributed by atoms with Crippen molar-refractivity contribution in [3.8, 4) is 11.3 Å². The van der Waals surface area contributed by atoms with E-state index in [2.05, 4.69) is 10.3 Å². The Balaban J connectivity index is 2.19. The molecule has 5 heteroatoms. The van der Waals surface area contributed by atoms with Crippen LogP contribution in [-0.2, 0) is 6.54 Å². The maximum absolute atomic E-state index is 11.7. The maximum atomic E-state index is 11.7. The monoisotopic (exact) mass is 292 g/mol. The van der Waals surface area contributed by atoms with E-state index in [0.717, 1.165) is 16.8 Å². The van der Waals surface area contributed by atoms with Crippen LogP contribution in [0.3, 0.4) is 0 Å². The van der Waals surface area contributed by atoms with Gasteiger partial charge in [0.05, 0.1) is 10.7 Å². The zero-order valence-corrected chi connectivity index (χ0v) is 11.6. The summed E-state index contributed by atoms with van der Waals surface area (Å²) in [5.74, 6) is -0.0631. The van der Waals surface area contributed by atoms with Crippen molar-refractivity contribution in [1.29, 1.82) is 0 Å². The number of halogens is 2. The number of aromatic nitrogens is 1. The number of pyridine rings is 1. The highest BCUT2D eigenvalue weighted by Gasteiger charge is 2.23. The van der Waals surface area contributed by atoms with E-state index in [4.69, 9.17) is 23.2 Å². The highest BCUT2D eigenvalue weighted by molar-refractivity contribution is 6.36. The van der Waals surface area contributed by atoms with Gasteiger partial charge in [0.2, 0.25) is 0 Å². The number of carbonyl (C=O) groups excluding carboxylic acids is 1. The summed E-state index contributed by atoms with van der Waals surface area (Å²) in [7, 11) is 0. The Morgan fingerprint density at radius 2 is 2.00 bits per heavy atom. The molecule has 3 nitrogen and oxygen atoms in total. The van der Waals surface area contributed by atoms with Gasteiger partial charge in [-0.3, -0.25) is 9.78 Å². The van der Waals surface area contributed by atoms with Crippen LogP contribution in [0, 0.1) is 6.92 Å². The molecular formula is C14H10Cl2N2O. The number of carbonyl (C=O) groups is 1. The van der Waals surface area contributed by atoms with Crippen molar-refractivity contribution in [2.75, 3.05) is 0 Å². The first-order valence-electron chi connectivity index (χ1n) is 5.80. The average molecular weight is 293 g/mol. The normalized spacial score (nSPS) is 13.3. The first-order chi connectivity index (χ1) is 9.06. The van der Waals surface area contributed by atoms with Gasteiger partial charge in [0.25, 0.3) is 5.91 Å². The summed E-state index contributed by atoms with van der Waals surface area (Å²) in [4.78, 5) is 16.3. The van der Waals surface area contributed by atoms with Gasteiger partial charge in [-0.05, 0) is 31.2 Å². The molecule has 1 amide bonds. The fourth-order valence-electron chi connectivity index (χ4n) is 2.22. The SMILES string of the molecule is Cc1nc(-c2ccc(Cl)cc2Cl)cc2c1CNC2=O. The summed E-state index contributed by atoms with van der Waals surface area (Å²) in [5.41, 5.74) is 3.94. The molecule has 2 aromatic rings. The third-order valence-electron chi connectivity index (χ3n) is 3.21. The molecule has 2 heterocycles. The number of hydrogen-bond acceptors (Lipinski definition) is 2. The van der Waals surface area contributed by atoms with Crippen molar-refractivity contribution < 1.29 is 4.79 Å². The van der Waals surface area contributed by atoms with Crippen molar-refractivity contribution in [1.82, 2.24) is 10.3 Å². The van der Waals surface area contributed by atoms with Crippen LogP contribution in [0.15, 0.2) is 24.3 Å². The summed E-state index contributed by atoms with van der Waals surface area (Å²) in [6, 6.07) is 7.02. The van der Waals surface area contributed by atoms with E-state index in [1.807, 2.05) is 13.0 Å². The minimum Gasteiger partial charge on any atom is -0.348 e. The molecule has 1 aliphatic rings. The first kappa shape index (κ1) is 12.5. The molecule has 0 fully saturated rings. The number of nitrogens with zero attached hydrogens (tertiary/aromatic N) is 1. The zero-order chi connectivity index (χ0) is 13.6. The summed E-state index contributed by atoms with van der Waals surface area (Å²) in [5, 5.41) is 3.89. The van der Waals surface area contributed by atoms with E-state index < -0.39 is 0 Å². The summed E-state index contributed by atoms with van der Waals surface area (Å²) >= 11 is 12.1. The van der Waals surface area contributed by atoms with Crippen LogP contribution >= 0.6 is 23.2 Å². The van der Waals surface area contributed by atoms with Crippen LogP contribution in [0.2, 0.25) is 10.0 Å². The average Bonchev–Trinajstić information content (AvgIpc) is 2.72. The van der Waals surface area contributed by atoms with Gasteiger partial charge in [-0.1, -0.05) is 23.2 Å². The lowest BCUT2D eigenvalue weighted by atomic mass is 10.0. The van der Waals surface area contributed by atoms with Crippen LogP contribution in [0.25, 0.3) is 11.3 Å². The zero-order valence-electron chi connectivity index (χ0n) is 10.1. The van der Waals surface area contributed by atoms with Crippen LogP contribution in [-0.4, -0.2) is 10.9 Å². The van der Waals surface area contributed by atoms with E-state index in [0.29, 0.717) is 27.8 Å². The molecule has 1 aromatic heterocycles. The molecule has 0 saturated heterocycles. The Bertz CT molecular complexity index is 698. The Kier molecular flexibility index (Phi) is 2.96. The van der Waals surface area contributed by atoms with Gasteiger partial charge in [0.1, 0.15) is 0 Å². The fourth-order valence-corrected chi connectivity index (χ4v) is 2.73. The van der Waals surface area contributed by atoms with Crippen LogP contribution in [0.5, 0.6) is 0 Å². The van der Waals surface area contributed by atoms with E-state index in [9.17, 15) is 4.79 Å². The lowest BCUT2D eigenvalue weighted by Gasteiger charge is -2.08. The third kappa shape index (κ3) is 2.09. The highest BCUT2D eigenvalue weighted by atomic mass is 35.5. The third-order valence-corrected chi connectivity index (χ3v) is 3.76. The predicted octanol–water partition coefficient (Wildman–Crippen LogP) is 3.61. The van der Waals surface area contributed by atoms with Crippen LogP contribution in [0.1, 0.15) is 21.6 Å². The molecule has 0 atom stereocenters. The Labute approximate surface area is 120 Å². The lowest BCUT2D eigenvalue weighted by Crippen LogP contribution is -2.12. The number of amides is 1. The number of benzene rings is 1. The predicted molar refractivity (Wildman–Crippen MR) is 75.6 cm³/mol. The second-order valence-electron chi connectivity index (χ2n) is 4.43. The van der Waals surface area contributed by atoms with Crippen molar-refractivity contribution in [2.45, 2.75) is 13.5 Å². The van der Waals surface area contributed by atoms with Gasteiger partial charge >= 0.3 is 0 Å². The number of hydrogen-bond donors (Lipinski definition) is 1. The topological polar surface area (TPSA) is 42.0 Å². The van der Waals surface area contributed by atoms with Crippen LogP contribution in [0.4, 0.5) is 0 Å². The summed E-state index contributed by atoms with van der Waals surface area (Å²) in [6.45, 7) is 2.44. The molecule has 0 spiro atoms. The number of nitrogens with one attached hydrogen (secondary N) is 1. The van der Waals surface area contributed by atoms with Crippen molar-refractivity contribution in [3.63, 3.8) is 0 Å². The maximum Gasteiger partial charge on any atom is 0.252 e. The Morgan fingerprint density at radius 1 is 1.21 bits per heavy atom. The minimum atomic E-state index is -0.0631. The van der Waals surface area contributed by atoms with Crippen LogP contribution < -0.4 is 5.32 Å². The fraction of sp³-hybridized carbons (Fsp3) is 0.143. The van der Waals surface area contributed by atoms with E-state index in [1.54, 1.807) is 18.2 Å². The molecule has 19 heavy (non-hydrogen) atoms. The molecule has 0 bridgehead atoms. The molecule has 0 unspecified atom stereocenters. The van der Waals surface area contributed by atoms with E-state index in [-0.39, 0.29) is 5.91 Å². The van der Waals surface area contributed by atoms with Gasteiger partial charge < -0.3 is 5.32 Å². The van der Waals surface area contributed by atoms with Gasteiger partial charge in [0, 0.05) is 34.0 Å². The van der Waals surface area contributed by atoms with Gasteiger partial charge in [-0.15, -0.1) is 0 Å². The second-order valence-corrected chi connectivity index (χ2v) is 5.27. The van der Waals surface area contributed by atoms with Crippen molar-refractivity contribution in [3.05, 3.63) is 51.1 Å². The summed E-state index contributed by atoms with van der Waals surface area (Å²) < 4.78 is 0. The molecule has 0 aliphatic carbocycles. The van der Waals surface area contributed by atoms with Crippen molar-refractivity contribution in [2.24, 2.45) is 0 Å². The van der Waals surface area contributed by atoms with Gasteiger partial charge in [-0.2, -0.15) is 0 Å². The quantitative estimate of drug-likeness (QED) is 0.872. The summed E-state index contributed by atoms with van der Waals surface area (Å²) in [6.07, 6.45) is 0. The first-order valence-corrected chi connectivity index (χ1v) is 6.56. The molecule has 1 aliphatic heterocycles. The molecule has 0 radical (unpaired) electrons. The second kappa shape index (κ2) is 4.51.